The van der Waals surface area contributed by atoms with Crippen LogP contribution in [0.3, 0.4) is 0 Å². The first-order valence-corrected chi connectivity index (χ1v) is 7.44. The van der Waals surface area contributed by atoms with Gasteiger partial charge in [-0.25, -0.2) is 15.0 Å². The van der Waals surface area contributed by atoms with Gasteiger partial charge >= 0.3 is 5.97 Å². The topological polar surface area (TPSA) is 125 Å². The second-order valence-corrected chi connectivity index (χ2v) is 5.94. The maximum absolute atomic E-state index is 10.9. The third-order valence-corrected chi connectivity index (χ3v) is 4.53. The van der Waals surface area contributed by atoms with Gasteiger partial charge in [-0.2, -0.15) is 0 Å². The molecule has 0 saturated carbocycles. The van der Waals surface area contributed by atoms with E-state index in [9.17, 15) is 9.90 Å². The molecule has 3 rings (SSSR count). The second-order valence-electron chi connectivity index (χ2n) is 4.89. The standard InChI is InChI=1S/C12H14BrN5O4/c1-5(19)21-2-6-7(13)9(20)12(22-6)18-4-17-8-10(14)15-3-16-11(8)18/h3-4,6-7,9,12,20H,2H2,1H3,(H2,14,15,16)/t6-,7+,9-,12-/m1/s1. The molecule has 4 atom stereocenters. The average Bonchev–Trinajstić information content (AvgIpc) is 3.01. The van der Waals surface area contributed by atoms with Crippen molar-refractivity contribution in [2.45, 2.75) is 30.2 Å². The van der Waals surface area contributed by atoms with Gasteiger partial charge in [-0.05, 0) is 0 Å². The van der Waals surface area contributed by atoms with Crippen LogP contribution >= 0.6 is 15.9 Å². The Morgan fingerprint density at radius 1 is 1.55 bits per heavy atom. The minimum Gasteiger partial charge on any atom is -0.463 e. The lowest BCUT2D eigenvalue weighted by Crippen LogP contribution is -2.29. The zero-order valence-electron chi connectivity index (χ0n) is 11.6. The molecule has 3 N–H and O–H groups in total. The number of alkyl halides is 1. The summed E-state index contributed by atoms with van der Waals surface area (Å²) in [4.78, 5) is 22.6. The van der Waals surface area contributed by atoms with E-state index < -0.39 is 29.2 Å². The number of fused-ring (bicyclic) bond motifs is 1. The molecule has 2 aromatic rings. The number of anilines is 1. The molecule has 1 aliphatic rings. The second kappa shape index (κ2) is 5.78. The first kappa shape index (κ1) is 15.1. The molecule has 0 unspecified atom stereocenters. The fourth-order valence-electron chi connectivity index (χ4n) is 2.33. The van der Waals surface area contributed by atoms with Crippen molar-refractivity contribution in [1.82, 2.24) is 19.5 Å². The number of nitrogens with zero attached hydrogens (tertiary/aromatic N) is 4. The summed E-state index contributed by atoms with van der Waals surface area (Å²) in [6.07, 6.45) is 0.732. The number of aromatic nitrogens is 4. The molecular weight excluding hydrogens is 358 g/mol. The van der Waals surface area contributed by atoms with E-state index in [4.69, 9.17) is 15.2 Å². The van der Waals surface area contributed by atoms with Gasteiger partial charge in [-0.3, -0.25) is 9.36 Å². The normalized spacial score (nSPS) is 28.1. The fraction of sp³-hybridized carbons (Fsp3) is 0.500. The number of halogens is 1. The van der Waals surface area contributed by atoms with Gasteiger partial charge < -0.3 is 20.3 Å². The Balaban J connectivity index is 1.87. The third kappa shape index (κ3) is 2.53. The van der Waals surface area contributed by atoms with Crippen LogP contribution in [0, 0.1) is 0 Å². The number of hydrogen-bond donors (Lipinski definition) is 2. The van der Waals surface area contributed by atoms with Crippen molar-refractivity contribution in [3.8, 4) is 0 Å². The van der Waals surface area contributed by atoms with Crippen LogP contribution in [0.1, 0.15) is 13.2 Å². The highest BCUT2D eigenvalue weighted by atomic mass is 79.9. The van der Waals surface area contributed by atoms with E-state index in [1.54, 1.807) is 4.57 Å². The van der Waals surface area contributed by atoms with Gasteiger partial charge in [0.25, 0.3) is 0 Å². The summed E-state index contributed by atoms with van der Waals surface area (Å²) >= 11 is 3.37. The van der Waals surface area contributed by atoms with Crippen LogP contribution in [0.4, 0.5) is 5.82 Å². The monoisotopic (exact) mass is 371 g/mol. The van der Waals surface area contributed by atoms with Crippen LogP contribution in [0.15, 0.2) is 12.7 Å². The number of ether oxygens (including phenoxy) is 2. The fourth-order valence-corrected chi connectivity index (χ4v) is 2.87. The molecule has 118 valence electrons. The molecule has 0 radical (unpaired) electrons. The summed E-state index contributed by atoms with van der Waals surface area (Å²) in [5, 5.41) is 10.4. The summed E-state index contributed by atoms with van der Waals surface area (Å²) in [5.74, 6) is -0.155. The molecule has 0 aromatic carbocycles. The minimum absolute atomic E-state index is 0.0442. The van der Waals surface area contributed by atoms with E-state index in [2.05, 4.69) is 30.9 Å². The smallest absolute Gasteiger partial charge is 0.302 e. The quantitative estimate of drug-likeness (QED) is 0.570. The maximum Gasteiger partial charge on any atom is 0.302 e. The molecule has 1 saturated heterocycles. The Hall–Kier alpha value is -1.78. The molecule has 1 aliphatic heterocycles. The van der Waals surface area contributed by atoms with E-state index in [-0.39, 0.29) is 12.4 Å². The Bertz CT molecular complexity index is 708. The zero-order chi connectivity index (χ0) is 15.9. The number of aliphatic hydroxyl groups is 1. The van der Waals surface area contributed by atoms with Gasteiger partial charge in [-0.15, -0.1) is 0 Å². The van der Waals surface area contributed by atoms with E-state index >= 15 is 0 Å². The average molecular weight is 372 g/mol. The predicted octanol–water partition coefficient (Wildman–Crippen LogP) is -0.00660. The number of imidazole rings is 1. The number of carbonyl (C=O) groups is 1. The number of aliphatic hydroxyl groups excluding tert-OH is 1. The first-order chi connectivity index (χ1) is 10.5. The molecule has 0 spiro atoms. The van der Waals surface area contributed by atoms with Crippen molar-refractivity contribution in [2.75, 3.05) is 12.3 Å². The van der Waals surface area contributed by atoms with Crippen LogP contribution < -0.4 is 5.73 Å². The lowest BCUT2D eigenvalue weighted by atomic mass is 10.2. The predicted molar refractivity (Wildman–Crippen MR) is 79.0 cm³/mol. The highest BCUT2D eigenvalue weighted by Crippen LogP contribution is 2.35. The summed E-state index contributed by atoms with van der Waals surface area (Å²) in [7, 11) is 0. The van der Waals surface area contributed by atoms with Crippen LogP contribution in [0.5, 0.6) is 0 Å². The van der Waals surface area contributed by atoms with Crippen molar-refractivity contribution in [3.05, 3.63) is 12.7 Å². The first-order valence-electron chi connectivity index (χ1n) is 6.53. The van der Waals surface area contributed by atoms with E-state index in [1.807, 2.05) is 0 Å². The van der Waals surface area contributed by atoms with E-state index in [0.717, 1.165) is 0 Å². The molecular formula is C12H14BrN5O4. The third-order valence-electron chi connectivity index (χ3n) is 3.40. The van der Waals surface area contributed by atoms with E-state index in [0.29, 0.717) is 11.2 Å². The van der Waals surface area contributed by atoms with Crippen LogP contribution in [-0.2, 0) is 14.3 Å². The lowest BCUT2D eigenvalue weighted by molar-refractivity contribution is -0.145. The largest absolute Gasteiger partial charge is 0.463 e. The van der Waals surface area contributed by atoms with Gasteiger partial charge in [-0.1, -0.05) is 15.9 Å². The highest BCUT2D eigenvalue weighted by molar-refractivity contribution is 9.09. The van der Waals surface area contributed by atoms with Crippen molar-refractivity contribution in [3.63, 3.8) is 0 Å². The maximum atomic E-state index is 10.9. The summed E-state index contributed by atoms with van der Waals surface area (Å²) < 4.78 is 12.3. The minimum atomic E-state index is -0.867. The van der Waals surface area contributed by atoms with Gasteiger partial charge in [0.15, 0.2) is 17.7 Å². The number of esters is 1. The molecule has 1 fully saturated rings. The van der Waals surface area contributed by atoms with Crippen LogP contribution in [0.25, 0.3) is 11.2 Å². The number of hydrogen-bond acceptors (Lipinski definition) is 8. The Morgan fingerprint density at radius 3 is 3.05 bits per heavy atom. The lowest BCUT2D eigenvalue weighted by Gasteiger charge is -2.16. The molecule has 0 aliphatic carbocycles. The van der Waals surface area contributed by atoms with Crippen LogP contribution in [-0.4, -0.2) is 54.2 Å². The van der Waals surface area contributed by atoms with Gasteiger partial charge in [0.1, 0.15) is 30.7 Å². The molecule has 10 heteroatoms. The molecule has 9 nitrogen and oxygen atoms in total. The van der Waals surface area contributed by atoms with Crippen molar-refractivity contribution < 1.29 is 19.4 Å². The van der Waals surface area contributed by atoms with Gasteiger partial charge in [0.05, 0.1) is 11.2 Å². The van der Waals surface area contributed by atoms with E-state index in [1.165, 1.54) is 19.6 Å². The number of nitrogen functional groups attached to an aromatic ring is 1. The van der Waals surface area contributed by atoms with Crippen molar-refractivity contribution in [1.29, 1.82) is 0 Å². The Morgan fingerprint density at radius 2 is 2.32 bits per heavy atom. The zero-order valence-corrected chi connectivity index (χ0v) is 13.2. The summed E-state index contributed by atoms with van der Waals surface area (Å²) in [6, 6.07) is 0. The van der Waals surface area contributed by atoms with Gasteiger partial charge in [0.2, 0.25) is 0 Å². The number of nitrogens with two attached hydrogens (primary N) is 1. The Kier molecular flexibility index (Phi) is 3.98. The van der Waals surface area contributed by atoms with Crippen molar-refractivity contribution >= 4 is 38.9 Å². The molecule has 0 amide bonds. The van der Waals surface area contributed by atoms with Gasteiger partial charge in [0, 0.05) is 6.92 Å². The molecule has 3 heterocycles. The number of rotatable bonds is 3. The Labute approximate surface area is 133 Å². The molecule has 0 bridgehead atoms. The summed E-state index contributed by atoms with van der Waals surface area (Å²) in [6.45, 7) is 1.36. The summed E-state index contributed by atoms with van der Waals surface area (Å²) in [5.41, 5.74) is 6.64. The highest BCUT2D eigenvalue weighted by Gasteiger charge is 2.44. The molecule has 2 aromatic heterocycles. The molecule has 22 heavy (non-hydrogen) atoms. The SMILES string of the molecule is CC(=O)OC[C@H]1O[C@@H](n2cnc3c(N)ncnc32)[C@H](O)[C@H]1Br. The number of carbonyl (C=O) groups excluding carboxylic acids is 1. The van der Waals surface area contributed by atoms with Crippen LogP contribution in [0.2, 0.25) is 0 Å². The van der Waals surface area contributed by atoms with Crippen molar-refractivity contribution in [2.24, 2.45) is 0 Å².